The topological polar surface area (TPSA) is 35.5 Å². The van der Waals surface area contributed by atoms with Crippen LogP contribution in [0.25, 0.3) is 0 Å². The van der Waals surface area contributed by atoms with Crippen molar-refractivity contribution in [1.29, 1.82) is 0 Å². The summed E-state index contributed by atoms with van der Waals surface area (Å²) >= 11 is 3.36. The number of ether oxygens (including phenoxy) is 2. The highest BCUT2D eigenvalue weighted by molar-refractivity contribution is 9.08. The van der Waals surface area contributed by atoms with Gasteiger partial charge in [-0.15, -0.1) is 0 Å². The van der Waals surface area contributed by atoms with Crippen LogP contribution in [0.3, 0.4) is 0 Å². The number of benzene rings is 1. The third-order valence-electron chi connectivity index (χ3n) is 2.30. The van der Waals surface area contributed by atoms with E-state index in [1.165, 1.54) is 0 Å². The van der Waals surface area contributed by atoms with E-state index >= 15 is 0 Å². The Labute approximate surface area is 116 Å². The molecular weight excluding hydrogens is 296 g/mol. The van der Waals surface area contributed by atoms with Crippen LogP contribution in [0, 0.1) is 0 Å². The standard InChI is InChI=1S/C14H17BrO3/c1-4-14(2,3)18-13(16)10-17-12-7-5-11(9-15)6-8-12/h4-8H,1,9-10H2,2-3H3. The summed E-state index contributed by atoms with van der Waals surface area (Å²) in [5.41, 5.74) is 0.484. The first-order valence-corrected chi connectivity index (χ1v) is 6.72. The Morgan fingerprint density at radius 1 is 1.39 bits per heavy atom. The summed E-state index contributed by atoms with van der Waals surface area (Å²) in [6.45, 7) is 7.03. The van der Waals surface area contributed by atoms with Gasteiger partial charge >= 0.3 is 5.97 Å². The van der Waals surface area contributed by atoms with E-state index in [1.807, 2.05) is 24.3 Å². The number of halogens is 1. The molecule has 0 aliphatic carbocycles. The molecule has 0 aliphatic rings. The third kappa shape index (κ3) is 4.92. The molecule has 0 bridgehead atoms. The van der Waals surface area contributed by atoms with Crippen molar-refractivity contribution in [1.82, 2.24) is 0 Å². The van der Waals surface area contributed by atoms with Gasteiger partial charge in [-0.2, -0.15) is 0 Å². The predicted molar refractivity (Wildman–Crippen MR) is 74.9 cm³/mol. The third-order valence-corrected chi connectivity index (χ3v) is 2.95. The lowest BCUT2D eigenvalue weighted by Gasteiger charge is -2.20. The molecule has 0 saturated heterocycles. The minimum Gasteiger partial charge on any atom is -0.482 e. The Hall–Kier alpha value is -1.29. The predicted octanol–water partition coefficient (Wildman–Crippen LogP) is 3.47. The van der Waals surface area contributed by atoms with E-state index in [4.69, 9.17) is 9.47 Å². The van der Waals surface area contributed by atoms with Crippen LogP contribution >= 0.6 is 15.9 Å². The lowest BCUT2D eigenvalue weighted by Crippen LogP contribution is -2.28. The smallest absolute Gasteiger partial charge is 0.345 e. The first-order chi connectivity index (χ1) is 8.46. The van der Waals surface area contributed by atoms with Crippen LogP contribution in [0.2, 0.25) is 0 Å². The quantitative estimate of drug-likeness (QED) is 0.458. The molecule has 4 heteroatoms. The summed E-state index contributed by atoms with van der Waals surface area (Å²) in [7, 11) is 0. The molecule has 0 fully saturated rings. The van der Waals surface area contributed by atoms with E-state index in [1.54, 1.807) is 19.9 Å². The maximum Gasteiger partial charge on any atom is 0.345 e. The van der Waals surface area contributed by atoms with Gasteiger partial charge in [-0.05, 0) is 37.6 Å². The minimum absolute atomic E-state index is 0.106. The minimum atomic E-state index is -0.666. The Morgan fingerprint density at radius 2 is 2.00 bits per heavy atom. The van der Waals surface area contributed by atoms with Crippen molar-refractivity contribution in [3.63, 3.8) is 0 Å². The molecule has 18 heavy (non-hydrogen) atoms. The fourth-order valence-electron chi connectivity index (χ4n) is 1.18. The van der Waals surface area contributed by atoms with Crippen LogP contribution in [0.15, 0.2) is 36.9 Å². The van der Waals surface area contributed by atoms with Gasteiger partial charge in [-0.3, -0.25) is 0 Å². The van der Waals surface area contributed by atoms with Crippen LogP contribution < -0.4 is 4.74 Å². The van der Waals surface area contributed by atoms with Gasteiger partial charge in [-0.1, -0.05) is 34.6 Å². The van der Waals surface area contributed by atoms with Crippen LogP contribution in [0.1, 0.15) is 19.4 Å². The van der Waals surface area contributed by atoms with Crippen molar-refractivity contribution in [2.24, 2.45) is 0 Å². The highest BCUT2D eigenvalue weighted by Crippen LogP contribution is 2.15. The molecule has 0 unspecified atom stereocenters. The molecule has 0 saturated carbocycles. The maximum atomic E-state index is 11.5. The zero-order valence-electron chi connectivity index (χ0n) is 10.6. The second-order valence-electron chi connectivity index (χ2n) is 4.35. The summed E-state index contributed by atoms with van der Waals surface area (Å²) in [6, 6.07) is 7.51. The van der Waals surface area contributed by atoms with Gasteiger partial charge in [0.15, 0.2) is 6.61 Å². The summed E-state index contributed by atoms with van der Waals surface area (Å²) < 4.78 is 10.5. The average molecular weight is 313 g/mol. The molecule has 0 N–H and O–H groups in total. The lowest BCUT2D eigenvalue weighted by molar-refractivity contribution is -0.154. The number of carbonyl (C=O) groups is 1. The fraction of sp³-hybridized carbons (Fsp3) is 0.357. The molecule has 98 valence electrons. The van der Waals surface area contributed by atoms with E-state index in [0.717, 1.165) is 10.9 Å². The van der Waals surface area contributed by atoms with E-state index in [-0.39, 0.29) is 6.61 Å². The monoisotopic (exact) mass is 312 g/mol. The van der Waals surface area contributed by atoms with Crippen molar-refractivity contribution < 1.29 is 14.3 Å². The second kappa shape index (κ2) is 6.59. The summed E-state index contributed by atoms with van der Waals surface area (Å²) in [5.74, 6) is 0.234. The largest absolute Gasteiger partial charge is 0.482 e. The molecule has 1 aromatic rings. The van der Waals surface area contributed by atoms with Gasteiger partial charge in [0, 0.05) is 5.33 Å². The van der Waals surface area contributed by atoms with Gasteiger partial charge in [0.25, 0.3) is 0 Å². The first-order valence-electron chi connectivity index (χ1n) is 5.60. The van der Waals surface area contributed by atoms with E-state index in [2.05, 4.69) is 22.5 Å². The van der Waals surface area contributed by atoms with Crippen molar-refractivity contribution in [3.05, 3.63) is 42.5 Å². The normalized spacial score (nSPS) is 10.8. The summed E-state index contributed by atoms with van der Waals surface area (Å²) in [6.07, 6.45) is 1.58. The molecule has 1 aromatic carbocycles. The molecule has 0 aromatic heterocycles. The lowest BCUT2D eigenvalue weighted by atomic mass is 10.1. The van der Waals surface area contributed by atoms with Gasteiger partial charge in [0.1, 0.15) is 11.4 Å². The number of rotatable bonds is 6. The molecular formula is C14H17BrO3. The average Bonchev–Trinajstić information content (AvgIpc) is 2.36. The SMILES string of the molecule is C=CC(C)(C)OC(=O)COc1ccc(CBr)cc1. The first kappa shape index (κ1) is 14.8. The maximum absolute atomic E-state index is 11.5. The van der Waals surface area contributed by atoms with Crippen LogP contribution in [0.5, 0.6) is 5.75 Å². The van der Waals surface area contributed by atoms with Crippen molar-refractivity contribution in [2.45, 2.75) is 24.8 Å². The molecule has 0 aliphatic heterocycles. The Morgan fingerprint density at radius 3 is 2.50 bits per heavy atom. The van der Waals surface area contributed by atoms with Crippen molar-refractivity contribution >= 4 is 21.9 Å². The van der Waals surface area contributed by atoms with E-state index in [9.17, 15) is 4.79 Å². The molecule has 0 amide bonds. The van der Waals surface area contributed by atoms with Crippen molar-refractivity contribution in [3.8, 4) is 5.75 Å². The number of hydrogen-bond acceptors (Lipinski definition) is 3. The van der Waals surface area contributed by atoms with Gasteiger partial charge < -0.3 is 9.47 Å². The van der Waals surface area contributed by atoms with Gasteiger partial charge in [0.05, 0.1) is 0 Å². The Bertz CT molecular complexity index is 410. The van der Waals surface area contributed by atoms with Crippen LogP contribution in [-0.2, 0) is 14.9 Å². The van der Waals surface area contributed by atoms with E-state index in [0.29, 0.717) is 5.75 Å². The zero-order chi connectivity index (χ0) is 13.6. The van der Waals surface area contributed by atoms with Crippen molar-refractivity contribution in [2.75, 3.05) is 6.61 Å². The highest BCUT2D eigenvalue weighted by Gasteiger charge is 2.18. The molecule has 0 heterocycles. The number of esters is 1. The molecule has 0 atom stereocenters. The molecule has 3 nitrogen and oxygen atoms in total. The molecule has 0 spiro atoms. The highest BCUT2D eigenvalue weighted by atomic mass is 79.9. The van der Waals surface area contributed by atoms with Crippen LogP contribution in [-0.4, -0.2) is 18.2 Å². The van der Waals surface area contributed by atoms with Gasteiger partial charge in [-0.25, -0.2) is 4.79 Å². The second-order valence-corrected chi connectivity index (χ2v) is 4.91. The number of alkyl halides is 1. The fourth-order valence-corrected chi connectivity index (χ4v) is 1.56. The van der Waals surface area contributed by atoms with Crippen LogP contribution in [0.4, 0.5) is 0 Å². The van der Waals surface area contributed by atoms with Gasteiger partial charge in [0.2, 0.25) is 0 Å². The summed E-state index contributed by atoms with van der Waals surface area (Å²) in [4.78, 5) is 11.5. The number of carbonyl (C=O) groups excluding carboxylic acids is 1. The molecule has 0 radical (unpaired) electrons. The zero-order valence-corrected chi connectivity index (χ0v) is 12.2. The molecule has 1 rings (SSSR count). The number of hydrogen-bond donors (Lipinski definition) is 0. The Kier molecular flexibility index (Phi) is 5.41. The summed E-state index contributed by atoms with van der Waals surface area (Å²) in [5, 5.41) is 0.794. The van der Waals surface area contributed by atoms with E-state index < -0.39 is 11.6 Å². The Balaban J connectivity index is 2.44.